The smallest absolute Gasteiger partial charge is 0.348 e. The average molecular weight is 169 g/mol. The topological polar surface area (TPSA) is 61.0 Å². The van der Waals surface area contributed by atoms with E-state index in [0.717, 1.165) is 0 Å². The van der Waals surface area contributed by atoms with Crippen LogP contribution >= 0.6 is 0 Å². The van der Waals surface area contributed by atoms with E-state index in [-0.39, 0.29) is 10.7 Å². The first kappa shape index (κ1) is 8.70. The molecular formula is C7H11N3O2. The fraction of sp³-hybridized carbons (Fsp3) is 0.571. The van der Waals surface area contributed by atoms with Gasteiger partial charge >= 0.3 is 5.82 Å². The molecule has 0 saturated carbocycles. The predicted octanol–water partition coefficient (Wildman–Crippen LogP) is 1.37. The van der Waals surface area contributed by atoms with Crippen LogP contribution in [-0.2, 0) is 13.0 Å². The highest BCUT2D eigenvalue weighted by atomic mass is 16.6. The molecule has 66 valence electrons. The molecular weight excluding hydrogens is 158 g/mol. The largest absolute Gasteiger partial charge is 0.358 e. The Morgan fingerprint density at radius 2 is 2.33 bits per heavy atom. The maximum absolute atomic E-state index is 10.6. The molecule has 0 aliphatic rings. The molecule has 0 bridgehead atoms. The van der Waals surface area contributed by atoms with Gasteiger partial charge in [0.05, 0.1) is 11.8 Å². The van der Waals surface area contributed by atoms with Gasteiger partial charge < -0.3 is 10.1 Å². The molecule has 1 aromatic rings. The Balaban J connectivity index is 3.16. The van der Waals surface area contributed by atoms with Crippen molar-refractivity contribution in [2.75, 3.05) is 0 Å². The van der Waals surface area contributed by atoms with Crippen molar-refractivity contribution in [2.24, 2.45) is 0 Å². The van der Waals surface area contributed by atoms with Crippen LogP contribution in [0.2, 0.25) is 0 Å². The number of nitrogens with zero attached hydrogens (tertiary/aromatic N) is 3. The van der Waals surface area contributed by atoms with Crippen molar-refractivity contribution in [3.8, 4) is 0 Å². The van der Waals surface area contributed by atoms with Crippen molar-refractivity contribution in [3.63, 3.8) is 0 Å². The summed E-state index contributed by atoms with van der Waals surface area (Å²) in [6.45, 7) is 4.25. The Kier molecular flexibility index (Phi) is 2.42. The molecule has 0 fully saturated rings. The Hall–Kier alpha value is -1.39. The summed E-state index contributed by atoms with van der Waals surface area (Å²) >= 11 is 0. The van der Waals surface area contributed by atoms with E-state index in [1.807, 2.05) is 13.8 Å². The van der Waals surface area contributed by atoms with Gasteiger partial charge in [-0.3, -0.25) is 0 Å². The zero-order chi connectivity index (χ0) is 9.14. The zero-order valence-electron chi connectivity index (χ0n) is 7.15. The molecule has 0 amide bonds. The zero-order valence-corrected chi connectivity index (χ0v) is 7.15. The number of rotatable bonds is 3. The van der Waals surface area contributed by atoms with Crippen molar-refractivity contribution < 1.29 is 4.92 Å². The molecule has 0 radical (unpaired) electrons. The molecule has 0 saturated heterocycles. The molecule has 5 nitrogen and oxygen atoms in total. The van der Waals surface area contributed by atoms with Crippen LogP contribution in [0, 0.1) is 10.1 Å². The maximum Gasteiger partial charge on any atom is 0.348 e. The number of nitro groups is 1. The van der Waals surface area contributed by atoms with Gasteiger partial charge in [-0.1, -0.05) is 12.0 Å². The van der Waals surface area contributed by atoms with E-state index in [9.17, 15) is 10.1 Å². The molecule has 5 heteroatoms. The highest BCUT2D eigenvalue weighted by molar-refractivity contribution is 5.30. The third kappa shape index (κ3) is 1.30. The summed E-state index contributed by atoms with van der Waals surface area (Å²) in [5.41, 5.74) is 0.696. The normalized spacial score (nSPS) is 10.2. The molecule has 0 unspecified atom stereocenters. The summed E-state index contributed by atoms with van der Waals surface area (Å²) in [6.07, 6.45) is 2.21. The van der Waals surface area contributed by atoms with Gasteiger partial charge in [0.2, 0.25) is 0 Å². The minimum absolute atomic E-state index is 0.125. The lowest BCUT2D eigenvalue weighted by atomic mass is 10.2. The number of aryl methyl sites for hydroxylation is 2. The quantitative estimate of drug-likeness (QED) is 0.507. The van der Waals surface area contributed by atoms with E-state index < -0.39 is 0 Å². The van der Waals surface area contributed by atoms with Crippen LogP contribution in [0.15, 0.2) is 6.20 Å². The van der Waals surface area contributed by atoms with Gasteiger partial charge in [-0.05, 0) is 18.3 Å². The fourth-order valence-electron chi connectivity index (χ4n) is 1.11. The van der Waals surface area contributed by atoms with E-state index in [4.69, 9.17) is 0 Å². The molecule has 1 rings (SSSR count). The summed E-state index contributed by atoms with van der Waals surface area (Å²) in [6, 6.07) is 0. The molecule has 0 N–H and O–H groups in total. The molecule has 1 heterocycles. The Morgan fingerprint density at radius 3 is 2.75 bits per heavy atom. The SMILES string of the molecule is CCc1cnn(CC)c1[N+](=O)[O-]. The summed E-state index contributed by atoms with van der Waals surface area (Å²) < 4.78 is 1.40. The number of hydrogen-bond donors (Lipinski definition) is 0. The van der Waals surface area contributed by atoms with Crippen molar-refractivity contribution in [1.82, 2.24) is 9.78 Å². The Bertz CT molecular complexity index is 271. The van der Waals surface area contributed by atoms with E-state index in [1.54, 1.807) is 6.20 Å². The summed E-state index contributed by atoms with van der Waals surface area (Å²) in [5, 5.41) is 14.5. The van der Waals surface area contributed by atoms with Crippen molar-refractivity contribution in [1.29, 1.82) is 0 Å². The minimum Gasteiger partial charge on any atom is -0.358 e. The van der Waals surface area contributed by atoms with E-state index in [1.165, 1.54) is 4.68 Å². The highest BCUT2D eigenvalue weighted by Crippen LogP contribution is 2.17. The first-order valence-electron chi connectivity index (χ1n) is 3.89. The average Bonchev–Trinajstić information content (AvgIpc) is 2.46. The molecule has 1 aromatic heterocycles. The third-order valence-electron chi connectivity index (χ3n) is 1.74. The van der Waals surface area contributed by atoms with Gasteiger partial charge in [0.1, 0.15) is 6.54 Å². The van der Waals surface area contributed by atoms with Crippen molar-refractivity contribution in [2.45, 2.75) is 26.8 Å². The van der Waals surface area contributed by atoms with E-state index in [2.05, 4.69) is 5.10 Å². The molecule has 0 spiro atoms. The van der Waals surface area contributed by atoms with Crippen molar-refractivity contribution >= 4 is 5.82 Å². The van der Waals surface area contributed by atoms with Crippen LogP contribution in [0.5, 0.6) is 0 Å². The van der Waals surface area contributed by atoms with Crippen LogP contribution in [0.4, 0.5) is 5.82 Å². The first-order valence-corrected chi connectivity index (χ1v) is 3.89. The molecule has 0 atom stereocenters. The van der Waals surface area contributed by atoms with Crippen LogP contribution in [0.1, 0.15) is 19.4 Å². The molecule has 0 aliphatic heterocycles. The summed E-state index contributed by atoms with van der Waals surface area (Å²) in [7, 11) is 0. The van der Waals surface area contributed by atoms with Gasteiger partial charge in [0.15, 0.2) is 0 Å². The van der Waals surface area contributed by atoms with E-state index >= 15 is 0 Å². The van der Waals surface area contributed by atoms with Crippen molar-refractivity contribution in [3.05, 3.63) is 21.9 Å². The van der Waals surface area contributed by atoms with Gasteiger partial charge in [0.25, 0.3) is 0 Å². The minimum atomic E-state index is -0.380. The summed E-state index contributed by atoms with van der Waals surface area (Å²) in [4.78, 5) is 10.2. The number of aromatic nitrogens is 2. The maximum atomic E-state index is 10.6. The first-order chi connectivity index (χ1) is 5.70. The lowest BCUT2D eigenvalue weighted by Crippen LogP contribution is -2.03. The second kappa shape index (κ2) is 3.34. The van der Waals surface area contributed by atoms with Crippen LogP contribution in [0.25, 0.3) is 0 Å². The molecule has 0 aromatic carbocycles. The third-order valence-corrected chi connectivity index (χ3v) is 1.74. The van der Waals surface area contributed by atoms with Gasteiger partial charge in [-0.15, -0.1) is 4.68 Å². The lowest BCUT2D eigenvalue weighted by Gasteiger charge is -1.96. The standard InChI is InChI=1S/C7H11N3O2/c1-3-6-5-8-9(4-2)7(6)10(11)12/h5H,3-4H2,1-2H3. The second-order valence-corrected chi connectivity index (χ2v) is 2.42. The second-order valence-electron chi connectivity index (χ2n) is 2.42. The number of hydrogen-bond acceptors (Lipinski definition) is 3. The highest BCUT2D eigenvalue weighted by Gasteiger charge is 2.18. The van der Waals surface area contributed by atoms with Crippen LogP contribution in [-0.4, -0.2) is 14.7 Å². The predicted molar refractivity (Wildman–Crippen MR) is 43.9 cm³/mol. The molecule has 12 heavy (non-hydrogen) atoms. The van der Waals surface area contributed by atoms with E-state index in [0.29, 0.717) is 18.5 Å². The Labute approximate surface area is 70.2 Å². The van der Waals surface area contributed by atoms with Crippen LogP contribution in [0.3, 0.4) is 0 Å². The van der Waals surface area contributed by atoms with Gasteiger partial charge in [-0.25, -0.2) is 0 Å². The van der Waals surface area contributed by atoms with Gasteiger partial charge in [0, 0.05) is 0 Å². The van der Waals surface area contributed by atoms with Gasteiger partial charge in [-0.2, -0.15) is 0 Å². The lowest BCUT2D eigenvalue weighted by molar-refractivity contribution is -0.393. The molecule has 0 aliphatic carbocycles. The Morgan fingerprint density at radius 1 is 1.67 bits per heavy atom. The summed E-state index contributed by atoms with van der Waals surface area (Å²) in [5.74, 6) is 0.125. The fourth-order valence-corrected chi connectivity index (χ4v) is 1.11. The van der Waals surface area contributed by atoms with Crippen LogP contribution < -0.4 is 0 Å². The monoisotopic (exact) mass is 169 g/mol.